The molecule has 4 aromatic carbocycles. The van der Waals surface area contributed by atoms with Gasteiger partial charge in [0.15, 0.2) is 0 Å². The Kier molecular flexibility index (Phi) is 5.68. The molecule has 0 heterocycles. The topological polar surface area (TPSA) is 26.3 Å². The summed E-state index contributed by atoms with van der Waals surface area (Å²) in [6.07, 6.45) is 0. The standard InChI is InChI=1S/C26H21FO2S/c1-20-16-18-23(19-17-20)30(21-10-4-2-5-11-21,22-12-6-3-7-13-22)29-26(28)24-14-8-9-15-25(24)27/h2-19H,1H3. The highest BCUT2D eigenvalue weighted by molar-refractivity contribution is 8.30. The van der Waals surface area contributed by atoms with Gasteiger partial charge in [-0.3, -0.25) is 0 Å². The lowest BCUT2D eigenvalue weighted by Gasteiger charge is -2.39. The Balaban J connectivity index is 1.96. The number of carbonyl (C=O) groups excluding carboxylic acids is 1. The van der Waals surface area contributed by atoms with Crippen molar-refractivity contribution in [2.24, 2.45) is 0 Å². The summed E-state index contributed by atoms with van der Waals surface area (Å²) in [6.45, 7) is 2.01. The molecule has 0 aliphatic heterocycles. The third kappa shape index (κ3) is 3.74. The van der Waals surface area contributed by atoms with Gasteiger partial charge in [-0.15, -0.1) is 0 Å². The van der Waals surface area contributed by atoms with Gasteiger partial charge in [0.1, 0.15) is 5.82 Å². The minimum absolute atomic E-state index is 0.0756. The second-order valence-electron chi connectivity index (χ2n) is 6.85. The zero-order valence-electron chi connectivity index (χ0n) is 16.5. The van der Waals surface area contributed by atoms with Crippen molar-refractivity contribution in [3.63, 3.8) is 0 Å². The SMILES string of the molecule is Cc1ccc(S(OC(=O)c2ccccc2F)(c2ccccc2)c2ccccc2)cc1. The molecular formula is C26H21FO2S. The zero-order chi connectivity index (χ0) is 21.0. The Morgan fingerprint density at radius 2 is 1.13 bits per heavy atom. The molecule has 0 aliphatic rings. The molecule has 0 saturated carbocycles. The third-order valence-electron chi connectivity index (χ3n) is 4.80. The smallest absolute Gasteiger partial charge is 0.352 e. The van der Waals surface area contributed by atoms with Crippen molar-refractivity contribution in [2.45, 2.75) is 21.6 Å². The summed E-state index contributed by atoms with van der Waals surface area (Å²) in [7, 11) is -2.43. The van der Waals surface area contributed by atoms with Crippen molar-refractivity contribution >= 4 is 16.3 Å². The average Bonchev–Trinajstić information content (AvgIpc) is 2.79. The van der Waals surface area contributed by atoms with Gasteiger partial charge in [0.2, 0.25) is 0 Å². The molecule has 0 fully saturated rings. The molecule has 0 bridgehead atoms. The van der Waals surface area contributed by atoms with Gasteiger partial charge in [-0.1, -0.05) is 66.2 Å². The lowest BCUT2D eigenvalue weighted by Crippen LogP contribution is -2.15. The first-order valence-corrected chi connectivity index (χ1v) is 11.2. The molecule has 4 rings (SSSR count). The van der Waals surface area contributed by atoms with E-state index >= 15 is 0 Å². The van der Waals surface area contributed by atoms with Crippen LogP contribution in [0.2, 0.25) is 0 Å². The van der Waals surface area contributed by atoms with E-state index in [0.717, 1.165) is 20.2 Å². The van der Waals surface area contributed by atoms with Crippen LogP contribution < -0.4 is 0 Å². The van der Waals surface area contributed by atoms with E-state index < -0.39 is 22.1 Å². The molecule has 0 spiro atoms. The normalized spacial score (nSPS) is 11.7. The number of hydrogen-bond donors (Lipinski definition) is 0. The maximum absolute atomic E-state index is 14.4. The van der Waals surface area contributed by atoms with Crippen LogP contribution in [0.15, 0.2) is 124 Å². The van der Waals surface area contributed by atoms with Crippen molar-refractivity contribution in [3.05, 3.63) is 126 Å². The van der Waals surface area contributed by atoms with Crippen LogP contribution in [-0.4, -0.2) is 5.97 Å². The first-order chi connectivity index (χ1) is 14.6. The first kappa shape index (κ1) is 19.9. The fourth-order valence-electron chi connectivity index (χ4n) is 3.29. The largest absolute Gasteiger partial charge is 0.398 e. The van der Waals surface area contributed by atoms with Crippen LogP contribution in [0.1, 0.15) is 15.9 Å². The molecule has 0 unspecified atom stereocenters. The van der Waals surface area contributed by atoms with Gasteiger partial charge in [0, 0.05) is 14.7 Å². The second kappa shape index (κ2) is 8.56. The molecule has 4 heteroatoms. The van der Waals surface area contributed by atoms with Gasteiger partial charge in [-0.05, 0) is 65.8 Å². The van der Waals surface area contributed by atoms with Crippen LogP contribution in [0.5, 0.6) is 0 Å². The molecule has 0 N–H and O–H groups in total. The van der Waals surface area contributed by atoms with Gasteiger partial charge < -0.3 is 4.18 Å². The molecule has 30 heavy (non-hydrogen) atoms. The number of halogens is 1. The lowest BCUT2D eigenvalue weighted by atomic mass is 10.2. The summed E-state index contributed by atoms with van der Waals surface area (Å²) in [5, 5.41) is 0. The molecule has 0 radical (unpaired) electrons. The van der Waals surface area contributed by atoms with E-state index in [-0.39, 0.29) is 5.56 Å². The molecule has 4 aromatic rings. The number of hydrogen-bond acceptors (Lipinski definition) is 2. The fraction of sp³-hybridized carbons (Fsp3) is 0.0385. The van der Waals surface area contributed by atoms with Crippen molar-refractivity contribution < 1.29 is 13.4 Å². The van der Waals surface area contributed by atoms with Crippen LogP contribution in [0.4, 0.5) is 4.39 Å². The summed E-state index contributed by atoms with van der Waals surface area (Å²) in [5.41, 5.74) is 1.03. The maximum atomic E-state index is 14.4. The van der Waals surface area contributed by atoms with Gasteiger partial charge >= 0.3 is 5.97 Å². The molecule has 2 nitrogen and oxygen atoms in total. The molecular weight excluding hydrogens is 395 g/mol. The quantitative estimate of drug-likeness (QED) is 0.344. The van der Waals surface area contributed by atoms with Crippen LogP contribution >= 0.6 is 10.3 Å². The first-order valence-electron chi connectivity index (χ1n) is 9.60. The Morgan fingerprint density at radius 3 is 1.67 bits per heavy atom. The summed E-state index contributed by atoms with van der Waals surface area (Å²) in [6, 6.07) is 33.2. The van der Waals surface area contributed by atoms with Crippen LogP contribution in [0.3, 0.4) is 0 Å². The van der Waals surface area contributed by atoms with Crippen molar-refractivity contribution in [1.82, 2.24) is 0 Å². The summed E-state index contributed by atoms with van der Waals surface area (Å²) in [4.78, 5) is 15.8. The van der Waals surface area contributed by atoms with Crippen LogP contribution in [0.25, 0.3) is 0 Å². The summed E-state index contributed by atoms with van der Waals surface area (Å²) in [5.74, 6) is -1.28. The van der Waals surface area contributed by atoms with Gasteiger partial charge in [0.05, 0.1) is 5.56 Å². The van der Waals surface area contributed by atoms with E-state index in [1.165, 1.54) is 12.1 Å². The van der Waals surface area contributed by atoms with Crippen molar-refractivity contribution in [3.8, 4) is 0 Å². The Hall–Kier alpha value is -3.37. The minimum atomic E-state index is -2.43. The molecule has 0 atom stereocenters. The number of benzene rings is 4. The van der Waals surface area contributed by atoms with E-state index in [4.69, 9.17) is 4.18 Å². The predicted molar refractivity (Wildman–Crippen MR) is 118 cm³/mol. The van der Waals surface area contributed by atoms with Gasteiger partial charge in [-0.25, -0.2) is 9.18 Å². The van der Waals surface area contributed by atoms with Crippen LogP contribution in [-0.2, 0) is 4.18 Å². The molecule has 0 aromatic heterocycles. The fourth-order valence-corrected chi connectivity index (χ4v) is 6.31. The van der Waals surface area contributed by atoms with Gasteiger partial charge in [0.25, 0.3) is 0 Å². The predicted octanol–water partition coefficient (Wildman–Crippen LogP) is 7.19. The average molecular weight is 417 g/mol. The number of carbonyl (C=O) groups is 1. The number of rotatable bonds is 5. The number of aryl methyl sites for hydroxylation is 1. The summed E-state index contributed by atoms with van der Waals surface area (Å²) < 4.78 is 20.7. The highest BCUT2D eigenvalue weighted by atomic mass is 32.3. The van der Waals surface area contributed by atoms with E-state index in [2.05, 4.69) is 0 Å². The molecule has 0 amide bonds. The lowest BCUT2D eigenvalue weighted by molar-refractivity contribution is 0.0752. The van der Waals surface area contributed by atoms with Crippen molar-refractivity contribution in [1.29, 1.82) is 0 Å². The van der Waals surface area contributed by atoms with E-state index in [0.29, 0.717) is 0 Å². The monoisotopic (exact) mass is 416 g/mol. The highest BCUT2D eigenvalue weighted by Crippen LogP contribution is 2.69. The Labute approximate surface area is 177 Å². The summed E-state index contributed by atoms with van der Waals surface area (Å²) >= 11 is 0. The van der Waals surface area contributed by atoms with E-state index in [1.807, 2.05) is 91.9 Å². The molecule has 150 valence electrons. The zero-order valence-corrected chi connectivity index (χ0v) is 17.3. The van der Waals surface area contributed by atoms with Gasteiger partial charge in [-0.2, -0.15) is 0 Å². The minimum Gasteiger partial charge on any atom is -0.398 e. The highest BCUT2D eigenvalue weighted by Gasteiger charge is 2.36. The third-order valence-corrected chi connectivity index (χ3v) is 8.01. The van der Waals surface area contributed by atoms with Crippen LogP contribution in [0, 0.1) is 12.7 Å². The second-order valence-corrected chi connectivity index (χ2v) is 9.54. The van der Waals surface area contributed by atoms with E-state index in [9.17, 15) is 9.18 Å². The van der Waals surface area contributed by atoms with Crippen molar-refractivity contribution in [2.75, 3.05) is 0 Å². The molecule has 0 saturated heterocycles. The Bertz CT molecular complexity index is 1100. The molecule has 0 aliphatic carbocycles. The maximum Gasteiger partial charge on any atom is 0.352 e. The Morgan fingerprint density at radius 1 is 0.667 bits per heavy atom. The van der Waals surface area contributed by atoms with E-state index in [1.54, 1.807) is 12.1 Å².